The van der Waals surface area contributed by atoms with Gasteiger partial charge in [0, 0.05) is 49.6 Å². The molecular formula is C24H25ClFN5O4. The Kier molecular flexibility index (Phi) is 6.76. The monoisotopic (exact) mass is 501 g/mol. The summed E-state index contributed by atoms with van der Waals surface area (Å²) in [5, 5.41) is 9.44. The zero-order chi connectivity index (χ0) is 24.4. The molecule has 9 nitrogen and oxygen atoms in total. The van der Waals surface area contributed by atoms with Crippen LogP contribution in [0.3, 0.4) is 0 Å². The molecule has 1 atom stereocenters. The highest BCUT2D eigenvalue weighted by Crippen LogP contribution is 2.43. The molecule has 1 aromatic carbocycles. The number of hydrogen-bond acceptors (Lipinski definition) is 7. The second-order valence-electron chi connectivity index (χ2n) is 8.21. The van der Waals surface area contributed by atoms with Crippen molar-refractivity contribution in [3.63, 3.8) is 0 Å². The number of methoxy groups -OCH3 is 1. The van der Waals surface area contributed by atoms with Crippen molar-refractivity contribution in [2.24, 2.45) is 0 Å². The van der Waals surface area contributed by atoms with Crippen LogP contribution in [0.15, 0.2) is 30.6 Å². The van der Waals surface area contributed by atoms with Crippen LogP contribution in [-0.2, 0) is 11.2 Å². The average Bonchev–Trinajstić information content (AvgIpc) is 3.22. The highest BCUT2D eigenvalue weighted by Gasteiger charge is 2.29. The van der Waals surface area contributed by atoms with Crippen molar-refractivity contribution in [3.05, 3.63) is 52.7 Å². The number of fused-ring (bicyclic) bond motifs is 1. The second-order valence-corrected chi connectivity index (χ2v) is 8.61. The number of rotatable bonds is 7. The Hall–Kier alpha value is -3.34. The smallest absolute Gasteiger partial charge is 0.255 e. The van der Waals surface area contributed by atoms with Crippen molar-refractivity contribution in [2.75, 3.05) is 45.3 Å². The Balaban J connectivity index is 1.57. The second kappa shape index (κ2) is 10.1. The van der Waals surface area contributed by atoms with E-state index in [-0.39, 0.29) is 28.5 Å². The third-order valence-electron chi connectivity index (χ3n) is 5.92. The van der Waals surface area contributed by atoms with Crippen LogP contribution in [0.1, 0.15) is 16.1 Å². The highest BCUT2D eigenvalue weighted by atomic mass is 35.5. The number of amides is 1. The number of hydrogen-bond donors (Lipinski definition) is 4. The first-order chi connectivity index (χ1) is 17.0. The Morgan fingerprint density at radius 3 is 3.03 bits per heavy atom. The number of nitrogens with zero attached hydrogens (tertiary/aromatic N) is 1. The standard InChI is InChI=1S/C24H25ClFN5O4/c1-33-23-16(25)8-13(26)9-18(23)31-22-20-17(3-5-29-24(20)32)30-21(22)15-2-4-27-11-19(15)35-12-14-10-28-6-7-34-14/h2,4,8-9,11,14,28,30-31H,3,5-7,10,12H2,1H3,(H,29,32)/t14-/m0/s1. The Morgan fingerprint density at radius 2 is 2.23 bits per heavy atom. The number of ether oxygens (including phenoxy) is 3. The first-order valence-corrected chi connectivity index (χ1v) is 11.7. The Bertz CT molecular complexity index is 1240. The first kappa shape index (κ1) is 23.4. The van der Waals surface area contributed by atoms with Crippen LogP contribution in [0.25, 0.3) is 11.3 Å². The van der Waals surface area contributed by atoms with Gasteiger partial charge in [-0.05, 0) is 12.1 Å². The summed E-state index contributed by atoms with van der Waals surface area (Å²) >= 11 is 6.21. The van der Waals surface area contributed by atoms with Crippen LogP contribution in [0.5, 0.6) is 11.5 Å². The molecule has 2 aliphatic heterocycles. The zero-order valence-electron chi connectivity index (χ0n) is 19.0. The van der Waals surface area contributed by atoms with Gasteiger partial charge >= 0.3 is 0 Å². The van der Waals surface area contributed by atoms with Gasteiger partial charge in [-0.1, -0.05) is 11.6 Å². The third kappa shape index (κ3) is 4.77. The molecular weight excluding hydrogens is 477 g/mol. The van der Waals surface area contributed by atoms with Gasteiger partial charge < -0.3 is 35.1 Å². The highest BCUT2D eigenvalue weighted by molar-refractivity contribution is 6.32. The van der Waals surface area contributed by atoms with Crippen molar-refractivity contribution >= 4 is 28.9 Å². The van der Waals surface area contributed by atoms with Crippen LogP contribution in [-0.4, -0.2) is 61.9 Å². The van der Waals surface area contributed by atoms with Crippen molar-refractivity contribution in [1.82, 2.24) is 20.6 Å². The van der Waals surface area contributed by atoms with E-state index in [1.165, 1.54) is 19.2 Å². The Morgan fingerprint density at radius 1 is 1.34 bits per heavy atom. The predicted octanol–water partition coefficient (Wildman–Crippen LogP) is 3.27. The van der Waals surface area contributed by atoms with Crippen molar-refractivity contribution < 1.29 is 23.4 Å². The summed E-state index contributed by atoms with van der Waals surface area (Å²) in [6, 6.07) is 4.24. The normalized spacial score (nSPS) is 17.5. The van der Waals surface area contributed by atoms with Crippen LogP contribution < -0.4 is 25.4 Å². The quantitative estimate of drug-likeness (QED) is 0.393. The maximum Gasteiger partial charge on any atom is 0.255 e. The van der Waals surface area contributed by atoms with E-state index in [0.29, 0.717) is 61.0 Å². The van der Waals surface area contributed by atoms with Crippen LogP contribution in [0.4, 0.5) is 15.8 Å². The SMILES string of the molecule is COc1c(Cl)cc(F)cc1Nc1c(-c2ccncc2OC[C@@H]2CNCCO2)[nH]c2c1C(=O)NCC2. The van der Waals surface area contributed by atoms with Crippen LogP contribution in [0.2, 0.25) is 5.02 Å². The van der Waals surface area contributed by atoms with E-state index in [4.69, 9.17) is 25.8 Å². The maximum absolute atomic E-state index is 14.2. The summed E-state index contributed by atoms with van der Waals surface area (Å²) in [6.45, 7) is 2.97. The molecule has 0 saturated carbocycles. The fraction of sp³-hybridized carbons (Fsp3) is 0.333. The predicted molar refractivity (Wildman–Crippen MR) is 129 cm³/mol. The molecule has 2 aliphatic rings. The first-order valence-electron chi connectivity index (χ1n) is 11.3. The number of pyridine rings is 1. The number of H-pyrrole nitrogens is 1. The van der Waals surface area contributed by atoms with Gasteiger partial charge in [-0.25, -0.2) is 4.39 Å². The van der Waals surface area contributed by atoms with Gasteiger partial charge in [-0.3, -0.25) is 9.78 Å². The summed E-state index contributed by atoms with van der Waals surface area (Å²) in [5.41, 5.74) is 3.25. The summed E-state index contributed by atoms with van der Waals surface area (Å²) in [4.78, 5) is 20.5. The van der Waals surface area contributed by atoms with E-state index in [2.05, 4.69) is 25.9 Å². The molecule has 35 heavy (non-hydrogen) atoms. The summed E-state index contributed by atoms with van der Waals surface area (Å²) in [5.74, 6) is 0.00459. The van der Waals surface area contributed by atoms with Crippen molar-refractivity contribution in [1.29, 1.82) is 0 Å². The molecule has 2 aromatic heterocycles. The maximum atomic E-state index is 14.2. The molecule has 0 aliphatic carbocycles. The van der Waals surface area contributed by atoms with E-state index in [9.17, 15) is 9.18 Å². The topological polar surface area (TPSA) is 110 Å². The third-order valence-corrected chi connectivity index (χ3v) is 6.20. The number of carbonyl (C=O) groups excluding carboxylic acids is 1. The molecule has 1 fully saturated rings. The van der Waals surface area contributed by atoms with E-state index in [1.807, 2.05) is 0 Å². The van der Waals surface area contributed by atoms with Crippen LogP contribution >= 0.6 is 11.6 Å². The molecule has 3 aromatic rings. The van der Waals surface area contributed by atoms with Gasteiger partial charge in [0.05, 0.1) is 47.6 Å². The summed E-state index contributed by atoms with van der Waals surface area (Å²) in [6.07, 6.45) is 3.79. The van der Waals surface area contributed by atoms with Gasteiger partial charge in [-0.15, -0.1) is 0 Å². The number of halogens is 2. The molecule has 0 spiro atoms. The number of aromatic amines is 1. The van der Waals surface area contributed by atoms with E-state index >= 15 is 0 Å². The molecule has 1 amide bonds. The number of carbonyl (C=O) groups is 1. The fourth-order valence-electron chi connectivity index (χ4n) is 4.31. The minimum absolute atomic E-state index is 0.0873. The molecule has 11 heteroatoms. The van der Waals surface area contributed by atoms with Gasteiger partial charge in [0.15, 0.2) is 5.75 Å². The molecule has 4 N–H and O–H groups in total. The van der Waals surface area contributed by atoms with Crippen molar-refractivity contribution in [2.45, 2.75) is 12.5 Å². The number of nitrogens with one attached hydrogen (secondary N) is 4. The molecule has 0 bridgehead atoms. The van der Waals surface area contributed by atoms with Gasteiger partial charge in [0.1, 0.15) is 24.3 Å². The lowest BCUT2D eigenvalue weighted by Gasteiger charge is -2.24. The minimum Gasteiger partial charge on any atom is -0.493 e. The largest absolute Gasteiger partial charge is 0.493 e. The van der Waals surface area contributed by atoms with Gasteiger partial charge in [0.25, 0.3) is 5.91 Å². The van der Waals surface area contributed by atoms with Crippen molar-refractivity contribution in [3.8, 4) is 22.8 Å². The fourth-order valence-corrected chi connectivity index (χ4v) is 4.60. The summed E-state index contributed by atoms with van der Waals surface area (Å²) < 4.78 is 31.5. The molecule has 1 saturated heterocycles. The van der Waals surface area contributed by atoms with E-state index in [0.717, 1.165) is 12.2 Å². The Labute approximate surface area is 206 Å². The lowest BCUT2D eigenvalue weighted by atomic mass is 10.0. The molecule has 184 valence electrons. The molecule has 0 unspecified atom stereocenters. The lowest BCUT2D eigenvalue weighted by Crippen LogP contribution is -2.41. The zero-order valence-corrected chi connectivity index (χ0v) is 19.8. The minimum atomic E-state index is -0.539. The average molecular weight is 502 g/mol. The van der Waals surface area contributed by atoms with Crippen LogP contribution in [0, 0.1) is 5.82 Å². The van der Waals surface area contributed by atoms with E-state index < -0.39 is 5.82 Å². The number of benzene rings is 1. The number of aromatic nitrogens is 2. The molecule has 0 radical (unpaired) electrons. The van der Waals surface area contributed by atoms with Gasteiger partial charge in [0.2, 0.25) is 0 Å². The lowest BCUT2D eigenvalue weighted by molar-refractivity contribution is 0.000245. The number of morpholine rings is 1. The van der Waals surface area contributed by atoms with E-state index in [1.54, 1.807) is 18.5 Å². The number of anilines is 2. The molecule has 5 rings (SSSR count). The van der Waals surface area contributed by atoms with Gasteiger partial charge in [-0.2, -0.15) is 0 Å². The summed E-state index contributed by atoms with van der Waals surface area (Å²) in [7, 11) is 1.45. The molecule has 4 heterocycles.